The van der Waals surface area contributed by atoms with Crippen LogP contribution in [0.15, 0.2) is 47.2 Å². The van der Waals surface area contributed by atoms with E-state index in [0.717, 1.165) is 26.9 Å². The smallest absolute Gasteiger partial charge is 0.322 e. The minimum Gasteiger partial charge on any atom is -0.480 e. The first kappa shape index (κ1) is 18.8. The van der Waals surface area contributed by atoms with Gasteiger partial charge in [0, 0.05) is 34.2 Å². The van der Waals surface area contributed by atoms with E-state index in [1.165, 1.54) is 0 Å². The molecule has 0 fully saturated rings. The van der Waals surface area contributed by atoms with Crippen molar-refractivity contribution in [1.29, 1.82) is 0 Å². The van der Waals surface area contributed by atoms with Crippen LogP contribution in [0.4, 0.5) is 17.5 Å². The van der Waals surface area contributed by atoms with Gasteiger partial charge in [0.15, 0.2) is 0 Å². The van der Waals surface area contributed by atoms with Crippen LogP contribution >= 0.6 is 15.9 Å². The van der Waals surface area contributed by atoms with Crippen LogP contribution in [0.25, 0.3) is 11.3 Å². The standard InChI is InChI=1S/C19H18BrN5O2/c1-11-6-14(20)7-12(2)18(11)24-16-8-15(13-4-3-5-21-9-13)23-19(25-16)22-10-17(26)27/h3-9H,10H2,1-2H3,(H,26,27)(H2,22,23,24,25). The molecule has 0 aliphatic carbocycles. The summed E-state index contributed by atoms with van der Waals surface area (Å²) >= 11 is 3.49. The second-order valence-corrected chi connectivity index (χ2v) is 6.91. The zero-order valence-corrected chi connectivity index (χ0v) is 16.4. The summed E-state index contributed by atoms with van der Waals surface area (Å²) in [6.45, 7) is 3.74. The van der Waals surface area contributed by atoms with Gasteiger partial charge in [-0.05, 0) is 49.2 Å². The molecule has 3 rings (SSSR count). The minimum atomic E-state index is -0.987. The second-order valence-electron chi connectivity index (χ2n) is 5.99. The summed E-state index contributed by atoms with van der Waals surface area (Å²) in [6, 6.07) is 9.54. The fraction of sp³-hybridized carbons (Fsp3) is 0.158. The molecule has 0 saturated carbocycles. The number of hydrogen-bond acceptors (Lipinski definition) is 6. The molecule has 138 valence electrons. The van der Waals surface area contributed by atoms with Crippen LogP contribution in [0.1, 0.15) is 11.1 Å². The molecule has 7 nitrogen and oxygen atoms in total. The molecule has 2 heterocycles. The number of nitrogens with one attached hydrogen (secondary N) is 2. The van der Waals surface area contributed by atoms with E-state index in [0.29, 0.717) is 11.5 Å². The summed E-state index contributed by atoms with van der Waals surface area (Å²) in [5, 5.41) is 15.0. The normalized spacial score (nSPS) is 10.5. The minimum absolute atomic E-state index is 0.230. The molecule has 3 aromatic rings. The fourth-order valence-electron chi connectivity index (χ4n) is 2.64. The molecule has 0 unspecified atom stereocenters. The predicted molar refractivity (Wildman–Crippen MR) is 108 cm³/mol. The number of aryl methyl sites for hydroxylation is 2. The predicted octanol–water partition coefficient (Wildman–Crippen LogP) is 4.16. The molecule has 0 radical (unpaired) electrons. The molecule has 1 aromatic carbocycles. The number of carboxylic acids is 1. The number of nitrogens with zero attached hydrogens (tertiary/aromatic N) is 3. The van der Waals surface area contributed by atoms with Gasteiger partial charge in [-0.1, -0.05) is 15.9 Å². The van der Waals surface area contributed by atoms with E-state index in [1.54, 1.807) is 12.4 Å². The fourth-order valence-corrected chi connectivity index (χ4v) is 3.33. The van der Waals surface area contributed by atoms with Gasteiger partial charge in [0.1, 0.15) is 12.4 Å². The monoisotopic (exact) mass is 427 g/mol. The van der Waals surface area contributed by atoms with Gasteiger partial charge in [0.25, 0.3) is 0 Å². The number of aliphatic carboxylic acids is 1. The first-order valence-electron chi connectivity index (χ1n) is 8.21. The number of aromatic nitrogens is 3. The molecule has 0 amide bonds. The van der Waals surface area contributed by atoms with Gasteiger partial charge in [-0.15, -0.1) is 0 Å². The Labute approximate surface area is 165 Å². The van der Waals surface area contributed by atoms with E-state index in [-0.39, 0.29) is 12.5 Å². The lowest BCUT2D eigenvalue weighted by Crippen LogP contribution is -2.15. The highest BCUT2D eigenvalue weighted by Gasteiger charge is 2.11. The van der Waals surface area contributed by atoms with E-state index in [4.69, 9.17) is 5.11 Å². The Hall–Kier alpha value is -3.00. The Morgan fingerprint density at radius 3 is 2.56 bits per heavy atom. The Morgan fingerprint density at radius 1 is 1.19 bits per heavy atom. The molecular formula is C19H18BrN5O2. The molecule has 0 atom stereocenters. The number of hydrogen-bond donors (Lipinski definition) is 3. The quantitative estimate of drug-likeness (QED) is 0.542. The van der Waals surface area contributed by atoms with Crippen molar-refractivity contribution in [2.45, 2.75) is 13.8 Å². The summed E-state index contributed by atoms with van der Waals surface area (Å²) < 4.78 is 1.01. The molecule has 0 aliphatic rings. The molecule has 27 heavy (non-hydrogen) atoms. The second kappa shape index (κ2) is 8.13. The highest BCUT2D eigenvalue weighted by atomic mass is 79.9. The van der Waals surface area contributed by atoms with Crippen LogP contribution in [-0.4, -0.2) is 32.6 Å². The van der Waals surface area contributed by atoms with Gasteiger partial charge in [-0.3, -0.25) is 9.78 Å². The molecule has 0 aliphatic heterocycles. The Morgan fingerprint density at radius 2 is 1.93 bits per heavy atom. The Kier molecular flexibility index (Phi) is 5.66. The zero-order valence-electron chi connectivity index (χ0n) is 14.8. The summed E-state index contributed by atoms with van der Waals surface area (Å²) in [6.07, 6.45) is 3.38. The lowest BCUT2D eigenvalue weighted by atomic mass is 10.1. The van der Waals surface area contributed by atoms with E-state index in [1.807, 2.05) is 44.2 Å². The molecule has 8 heteroatoms. The number of pyridine rings is 1. The Balaban J connectivity index is 2.01. The molecule has 3 N–H and O–H groups in total. The molecular weight excluding hydrogens is 410 g/mol. The number of halogens is 1. The maximum Gasteiger partial charge on any atom is 0.322 e. The van der Waals surface area contributed by atoms with Gasteiger partial charge < -0.3 is 15.7 Å². The molecule has 0 saturated heterocycles. The summed E-state index contributed by atoms with van der Waals surface area (Å²) in [4.78, 5) is 23.8. The number of carbonyl (C=O) groups is 1. The average Bonchev–Trinajstić information content (AvgIpc) is 2.63. The van der Waals surface area contributed by atoms with E-state index < -0.39 is 5.97 Å². The summed E-state index contributed by atoms with van der Waals surface area (Å²) in [5.74, 6) is -0.196. The third kappa shape index (κ3) is 4.79. The summed E-state index contributed by atoms with van der Waals surface area (Å²) in [7, 11) is 0. The largest absolute Gasteiger partial charge is 0.480 e. The lowest BCUT2D eigenvalue weighted by molar-refractivity contribution is -0.134. The Bertz CT molecular complexity index is 956. The van der Waals surface area contributed by atoms with E-state index in [9.17, 15) is 4.79 Å². The maximum atomic E-state index is 10.9. The molecule has 0 spiro atoms. The first-order chi connectivity index (χ1) is 12.9. The van der Waals surface area contributed by atoms with Crippen LogP contribution in [0.2, 0.25) is 0 Å². The number of rotatable bonds is 6. The number of benzene rings is 1. The van der Waals surface area contributed by atoms with Gasteiger partial charge in [-0.25, -0.2) is 4.98 Å². The van der Waals surface area contributed by atoms with Crippen LogP contribution in [0, 0.1) is 13.8 Å². The number of carboxylic acid groups (broad SMARTS) is 1. The molecule has 0 bridgehead atoms. The van der Waals surface area contributed by atoms with Crippen molar-refractivity contribution < 1.29 is 9.90 Å². The highest BCUT2D eigenvalue weighted by molar-refractivity contribution is 9.10. The zero-order chi connectivity index (χ0) is 19.4. The summed E-state index contributed by atoms with van der Waals surface area (Å²) in [5.41, 5.74) is 4.51. The topological polar surface area (TPSA) is 100 Å². The van der Waals surface area contributed by atoms with Crippen molar-refractivity contribution in [2.75, 3.05) is 17.2 Å². The van der Waals surface area contributed by atoms with E-state index >= 15 is 0 Å². The number of anilines is 3. The first-order valence-corrected chi connectivity index (χ1v) is 9.00. The van der Waals surface area contributed by atoms with Crippen LogP contribution in [0.5, 0.6) is 0 Å². The van der Waals surface area contributed by atoms with Crippen LogP contribution in [0.3, 0.4) is 0 Å². The third-order valence-corrected chi connectivity index (χ3v) is 4.29. The van der Waals surface area contributed by atoms with Gasteiger partial charge >= 0.3 is 5.97 Å². The molecule has 2 aromatic heterocycles. The van der Waals surface area contributed by atoms with E-state index in [2.05, 4.69) is 41.5 Å². The van der Waals surface area contributed by atoms with Crippen molar-refractivity contribution in [2.24, 2.45) is 0 Å². The maximum absolute atomic E-state index is 10.9. The van der Waals surface area contributed by atoms with Crippen LogP contribution < -0.4 is 10.6 Å². The van der Waals surface area contributed by atoms with Crippen LogP contribution in [-0.2, 0) is 4.79 Å². The van der Waals surface area contributed by atoms with Gasteiger partial charge in [-0.2, -0.15) is 4.98 Å². The van der Waals surface area contributed by atoms with Crippen molar-refractivity contribution in [3.05, 3.63) is 58.3 Å². The van der Waals surface area contributed by atoms with Gasteiger partial charge in [0.2, 0.25) is 5.95 Å². The highest BCUT2D eigenvalue weighted by Crippen LogP contribution is 2.29. The van der Waals surface area contributed by atoms with Crippen molar-refractivity contribution in [3.8, 4) is 11.3 Å². The van der Waals surface area contributed by atoms with Gasteiger partial charge in [0.05, 0.1) is 5.69 Å². The third-order valence-electron chi connectivity index (χ3n) is 3.83. The van der Waals surface area contributed by atoms with Crippen molar-refractivity contribution in [3.63, 3.8) is 0 Å². The van der Waals surface area contributed by atoms with Crippen molar-refractivity contribution in [1.82, 2.24) is 15.0 Å². The SMILES string of the molecule is Cc1cc(Br)cc(C)c1Nc1cc(-c2cccnc2)nc(NCC(=O)O)n1. The van der Waals surface area contributed by atoms with Crippen molar-refractivity contribution >= 4 is 39.4 Å². The average molecular weight is 428 g/mol. The lowest BCUT2D eigenvalue weighted by Gasteiger charge is -2.15.